The fourth-order valence-electron chi connectivity index (χ4n) is 4.51. The van der Waals surface area contributed by atoms with Crippen molar-refractivity contribution in [2.24, 2.45) is 0 Å². The third kappa shape index (κ3) is 3.64. The first-order valence-corrected chi connectivity index (χ1v) is 11.3. The number of aromatic nitrogens is 3. The summed E-state index contributed by atoms with van der Waals surface area (Å²) >= 11 is 1.55. The van der Waals surface area contributed by atoms with Gasteiger partial charge in [-0.05, 0) is 44.4 Å². The fourth-order valence-corrected chi connectivity index (χ4v) is 5.46. The molecule has 2 aromatic rings. The zero-order valence-corrected chi connectivity index (χ0v) is 18.1. The van der Waals surface area contributed by atoms with Crippen LogP contribution < -0.4 is 5.32 Å². The lowest BCUT2D eigenvalue weighted by atomic mass is 9.95. The number of amides is 1. The molecule has 1 N–H and O–H groups in total. The highest BCUT2D eigenvalue weighted by Gasteiger charge is 2.24. The van der Waals surface area contributed by atoms with E-state index in [0.29, 0.717) is 18.3 Å². The summed E-state index contributed by atoms with van der Waals surface area (Å²) in [6.07, 6.45) is 7.76. The Kier molecular flexibility index (Phi) is 5.69. The number of imidazole rings is 1. The number of aryl methyl sites for hydroxylation is 1. The molecule has 0 aromatic carbocycles. The summed E-state index contributed by atoms with van der Waals surface area (Å²) in [5.41, 5.74) is 3.44. The van der Waals surface area contributed by atoms with Gasteiger partial charge in [-0.3, -0.25) is 4.79 Å². The second-order valence-electron chi connectivity index (χ2n) is 7.82. The van der Waals surface area contributed by atoms with E-state index in [9.17, 15) is 15.3 Å². The second kappa shape index (κ2) is 8.41. The molecule has 7 nitrogen and oxygen atoms in total. The van der Waals surface area contributed by atoms with Crippen molar-refractivity contribution in [1.82, 2.24) is 14.1 Å². The van der Waals surface area contributed by atoms with Crippen LogP contribution in [0.1, 0.15) is 60.8 Å². The van der Waals surface area contributed by atoms with Gasteiger partial charge in [-0.2, -0.15) is 10.5 Å². The molecule has 1 saturated carbocycles. The van der Waals surface area contributed by atoms with Gasteiger partial charge in [0.25, 0.3) is 5.91 Å². The van der Waals surface area contributed by atoms with Gasteiger partial charge < -0.3 is 14.5 Å². The largest absolute Gasteiger partial charge is 0.346 e. The summed E-state index contributed by atoms with van der Waals surface area (Å²) in [6, 6.07) is 6.65. The number of nitriles is 2. The standard InChI is InChI=1S/C22H24N6OS/c1-14-10-16(15(2)28(14)18-6-4-3-5-7-18)11-17(12-23)21(29)25-20-19(13-24)27-8-9-30-22(27)26-20/h10-11,18H,3-9H2,1-2H3,(H,25,29)/b17-11-. The molecule has 1 aliphatic carbocycles. The summed E-state index contributed by atoms with van der Waals surface area (Å²) in [7, 11) is 0. The van der Waals surface area contributed by atoms with Gasteiger partial charge in [0.15, 0.2) is 16.7 Å². The number of anilines is 1. The Balaban J connectivity index is 1.59. The van der Waals surface area contributed by atoms with E-state index >= 15 is 0 Å². The molecule has 1 aliphatic heterocycles. The van der Waals surface area contributed by atoms with Gasteiger partial charge in [-0.1, -0.05) is 31.0 Å². The van der Waals surface area contributed by atoms with Crippen LogP contribution in [-0.2, 0) is 11.3 Å². The monoisotopic (exact) mass is 420 g/mol. The van der Waals surface area contributed by atoms with E-state index in [4.69, 9.17) is 0 Å². The number of rotatable bonds is 4. The van der Waals surface area contributed by atoms with Gasteiger partial charge in [0.2, 0.25) is 0 Å². The molecule has 0 spiro atoms. The average Bonchev–Trinajstić information content (AvgIpc) is 3.39. The quantitative estimate of drug-likeness (QED) is 0.586. The normalized spacial score (nSPS) is 16.7. The number of fused-ring (bicyclic) bond motifs is 1. The molecule has 0 unspecified atom stereocenters. The number of thioether (sulfide) groups is 1. The molecule has 0 bridgehead atoms. The highest BCUT2D eigenvalue weighted by molar-refractivity contribution is 7.99. The van der Waals surface area contributed by atoms with E-state index in [-0.39, 0.29) is 11.4 Å². The average molecular weight is 421 g/mol. The van der Waals surface area contributed by atoms with Crippen molar-refractivity contribution in [2.75, 3.05) is 11.1 Å². The SMILES string of the molecule is Cc1cc(/C=C(/C#N)C(=O)Nc2nc3n(c2C#N)CCS3)c(C)n1C1CCCCC1. The molecule has 4 rings (SSSR count). The first kappa shape index (κ1) is 20.3. The van der Waals surface area contributed by atoms with E-state index in [1.807, 2.05) is 19.1 Å². The van der Waals surface area contributed by atoms with Crippen molar-refractivity contribution in [3.63, 3.8) is 0 Å². The molecule has 8 heteroatoms. The molecule has 1 amide bonds. The van der Waals surface area contributed by atoms with Crippen LogP contribution in [0.2, 0.25) is 0 Å². The molecule has 30 heavy (non-hydrogen) atoms. The van der Waals surface area contributed by atoms with E-state index in [2.05, 4.69) is 27.9 Å². The molecular weight excluding hydrogens is 396 g/mol. The van der Waals surface area contributed by atoms with Crippen LogP contribution in [-0.4, -0.2) is 25.8 Å². The summed E-state index contributed by atoms with van der Waals surface area (Å²) in [6.45, 7) is 4.82. The number of hydrogen-bond acceptors (Lipinski definition) is 5. The Labute approximate surface area is 180 Å². The van der Waals surface area contributed by atoms with E-state index < -0.39 is 5.91 Å². The number of nitrogens with zero attached hydrogens (tertiary/aromatic N) is 5. The van der Waals surface area contributed by atoms with E-state index in [0.717, 1.165) is 27.9 Å². The van der Waals surface area contributed by atoms with Crippen molar-refractivity contribution >= 4 is 29.6 Å². The predicted molar refractivity (Wildman–Crippen MR) is 116 cm³/mol. The summed E-state index contributed by atoms with van der Waals surface area (Å²) in [5.74, 6) is 0.544. The predicted octanol–water partition coefficient (Wildman–Crippen LogP) is 4.33. The fraction of sp³-hybridized carbons (Fsp3) is 0.455. The van der Waals surface area contributed by atoms with Crippen molar-refractivity contribution in [1.29, 1.82) is 10.5 Å². The zero-order chi connectivity index (χ0) is 21.3. The Morgan fingerprint density at radius 3 is 2.77 bits per heavy atom. The molecule has 2 aromatic heterocycles. The van der Waals surface area contributed by atoms with Crippen LogP contribution in [0.25, 0.3) is 6.08 Å². The molecule has 0 atom stereocenters. The maximum absolute atomic E-state index is 12.8. The topological polar surface area (TPSA) is 99.4 Å². The molecule has 1 fully saturated rings. The summed E-state index contributed by atoms with van der Waals surface area (Å²) in [5, 5.41) is 22.5. The second-order valence-corrected chi connectivity index (χ2v) is 8.88. The number of hydrogen-bond donors (Lipinski definition) is 1. The molecule has 0 saturated heterocycles. The lowest BCUT2D eigenvalue weighted by Crippen LogP contribution is -2.16. The van der Waals surface area contributed by atoms with Gasteiger partial charge >= 0.3 is 0 Å². The third-order valence-corrected chi connectivity index (χ3v) is 6.90. The van der Waals surface area contributed by atoms with Crippen molar-refractivity contribution in [2.45, 2.75) is 63.7 Å². The lowest BCUT2D eigenvalue weighted by molar-refractivity contribution is -0.112. The molecule has 0 radical (unpaired) electrons. The number of carbonyl (C=O) groups is 1. The van der Waals surface area contributed by atoms with E-state index in [1.165, 1.54) is 32.1 Å². The smallest absolute Gasteiger partial charge is 0.267 e. The minimum Gasteiger partial charge on any atom is -0.346 e. The first-order chi connectivity index (χ1) is 14.5. The summed E-state index contributed by atoms with van der Waals surface area (Å²) < 4.78 is 4.15. The molecule has 154 valence electrons. The van der Waals surface area contributed by atoms with Crippen LogP contribution in [0.4, 0.5) is 5.82 Å². The lowest BCUT2D eigenvalue weighted by Gasteiger charge is -2.26. The van der Waals surface area contributed by atoms with Gasteiger partial charge in [-0.15, -0.1) is 0 Å². The van der Waals surface area contributed by atoms with Gasteiger partial charge in [0, 0.05) is 29.7 Å². The maximum atomic E-state index is 12.8. The van der Waals surface area contributed by atoms with Crippen molar-refractivity contribution in [3.05, 3.63) is 34.3 Å². The minimum atomic E-state index is -0.543. The summed E-state index contributed by atoms with van der Waals surface area (Å²) in [4.78, 5) is 17.1. The highest BCUT2D eigenvalue weighted by Crippen LogP contribution is 2.33. The van der Waals surface area contributed by atoms with Crippen LogP contribution in [0.3, 0.4) is 0 Å². The Morgan fingerprint density at radius 1 is 1.30 bits per heavy atom. The van der Waals surface area contributed by atoms with Crippen LogP contribution in [0, 0.1) is 36.5 Å². The van der Waals surface area contributed by atoms with Crippen LogP contribution in [0.5, 0.6) is 0 Å². The molecular formula is C22H24N6OS. The molecule has 3 heterocycles. The van der Waals surface area contributed by atoms with Crippen LogP contribution >= 0.6 is 11.8 Å². The van der Waals surface area contributed by atoms with Gasteiger partial charge in [0.1, 0.15) is 17.7 Å². The van der Waals surface area contributed by atoms with Gasteiger partial charge in [0.05, 0.1) is 0 Å². The number of nitrogens with one attached hydrogen (secondary N) is 1. The van der Waals surface area contributed by atoms with Crippen molar-refractivity contribution in [3.8, 4) is 12.1 Å². The minimum absolute atomic E-state index is 0.00333. The Hall–Kier alpha value is -2.97. The Bertz CT molecular complexity index is 1100. The Morgan fingerprint density at radius 2 is 2.07 bits per heavy atom. The molecule has 2 aliphatic rings. The zero-order valence-electron chi connectivity index (χ0n) is 17.2. The van der Waals surface area contributed by atoms with Crippen molar-refractivity contribution < 1.29 is 4.79 Å². The maximum Gasteiger partial charge on any atom is 0.267 e. The first-order valence-electron chi connectivity index (χ1n) is 10.3. The van der Waals surface area contributed by atoms with E-state index in [1.54, 1.807) is 22.4 Å². The van der Waals surface area contributed by atoms with Crippen LogP contribution in [0.15, 0.2) is 16.8 Å². The highest BCUT2D eigenvalue weighted by atomic mass is 32.2. The third-order valence-electron chi connectivity index (χ3n) is 5.94. The van der Waals surface area contributed by atoms with Gasteiger partial charge in [-0.25, -0.2) is 4.98 Å². The number of carbonyl (C=O) groups excluding carboxylic acids is 1.